The summed E-state index contributed by atoms with van der Waals surface area (Å²) in [4.78, 5) is 1.06. The number of rotatable bonds is 3. The SMILES string of the molecule is Cc1nnc(CSc2ccc(Br)cc2N)n1C. The molecule has 1 aromatic carbocycles. The van der Waals surface area contributed by atoms with E-state index in [9.17, 15) is 0 Å². The van der Waals surface area contributed by atoms with Crippen LogP contribution in [-0.4, -0.2) is 14.8 Å². The van der Waals surface area contributed by atoms with Crippen LogP contribution in [0.15, 0.2) is 27.6 Å². The minimum absolute atomic E-state index is 0.767. The summed E-state index contributed by atoms with van der Waals surface area (Å²) in [6.45, 7) is 1.94. The lowest BCUT2D eigenvalue weighted by Crippen LogP contribution is -1.98. The van der Waals surface area contributed by atoms with Gasteiger partial charge in [-0.05, 0) is 25.1 Å². The van der Waals surface area contributed by atoms with Gasteiger partial charge in [0.25, 0.3) is 0 Å². The molecule has 0 unspecified atom stereocenters. The molecule has 0 saturated heterocycles. The number of aryl methyl sites for hydroxylation is 1. The number of thioether (sulfide) groups is 1. The summed E-state index contributed by atoms with van der Waals surface area (Å²) < 4.78 is 2.98. The number of benzene rings is 1. The molecule has 0 fully saturated rings. The number of nitrogens with zero attached hydrogens (tertiary/aromatic N) is 3. The Labute approximate surface area is 113 Å². The van der Waals surface area contributed by atoms with E-state index in [0.717, 1.165) is 32.5 Å². The van der Waals surface area contributed by atoms with Crippen molar-refractivity contribution in [2.24, 2.45) is 7.05 Å². The molecule has 0 bridgehead atoms. The predicted octanol–water partition coefficient (Wildman–Crippen LogP) is 2.76. The first-order valence-electron chi connectivity index (χ1n) is 5.10. The summed E-state index contributed by atoms with van der Waals surface area (Å²) in [7, 11) is 1.97. The van der Waals surface area contributed by atoms with Crippen LogP contribution in [0, 0.1) is 6.92 Å². The molecule has 4 nitrogen and oxygen atoms in total. The fraction of sp³-hybridized carbons (Fsp3) is 0.273. The molecule has 0 aliphatic heterocycles. The Morgan fingerprint density at radius 3 is 2.76 bits per heavy atom. The third kappa shape index (κ3) is 2.81. The van der Waals surface area contributed by atoms with Crippen LogP contribution in [0.3, 0.4) is 0 Å². The number of hydrogen-bond acceptors (Lipinski definition) is 4. The maximum atomic E-state index is 5.94. The molecule has 0 spiro atoms. The van der Waals surface area contributed by atoms with Gasteiger partial charge in [0.2, 0.25) is 0 Å². The highest BCUT2D eigenvalue weighted by atomic mass is 79.9. The maximum absolute atomic E-state index is 5.94. The lowest BCUT2D eigenvalue weighted by molar-refractivity contribution is 0.817. The van der Waals surface area contributed by atoms with Crippen LogP contribution < -0.4 is 5.73 Å². The van der Waals surface area contributed by atoms with Gasteiger partial charge in [0.05, 0.1) is 5.75 Å². The van der Waals surface area contributed by atoms with Gasteiger partial charge in [0.1, 0.15) is 11.6 Å². The van der Waals surface area contributed by atoms with Crippen LogP contribution in [0.1, 0.15) is 11.6 Å². The average molecular weight is 313 g/mol. The summed E-state index contributed by atoms with van der Waals surface area (Å²) in [5.41, 5.74) is 6.72. The number of aromatic nitrogens is 3. The molecule has 0 radical (unpaired) electrons. The molecule has 6 heteroatoms. The van der Waals surface area contributed by atoms with Gasteiger partial charge in [-0.2, -0.15) is 0 Å². The monoisotopic (exact) mass is 312 g/mol. The number of nitrogen functional groups attached to an aromatic ring is 1. The summed E-state index contributed by atoms with van der Waals surface area (Å²) >= 11 is 5.06. The Kier molecular flexibility index (Phi) is 3.73. The Hall–Kier alpha value is -1.01. The number of anilines is 1. The quantitative estimate of drug-likeness (QED) is 0.699. The summed E-state index contributed by atoms with van der Waals surface area (Å²) in [5, 5.41) is 8.15. The van der Waals surface area contributed by atoms with Crippen molar-refractivity contribution in [1.82, 2.24) is 14.8 Å². The van der Waals surface area contributed by atoms with Gasteiger partial charge >= 0.3 is 0 Å². The molecule has 0 aliphatic rings. The summed E-state index contributed by atoms with van der Waals surface area (Å²) in [5.74, 6) is 2.64. The molecule has 90 valence electrons. The van der Waals surface area contributed by atoms with Crippen molar-refractivity contribution in [2.75, 3.05) is 5.73 Å². The molecule has 2 rings (SSSR count). The second-order valence-electron chi connectivity index (χ2n) is 3.69. The van der Waals surface area contributed by atoms with E-state index in [2.05, 4.69) is 26.1 Å². The molecule has 2 aromatic rings. The molecule has 0 amide bonds. The van der Waals surface area contributed by atoms with Crippen molar-refractivity contribution >= 4 is 33.4 Å². The van der Waals surface area contributed by atoms with E-state index in [-0.39, 0.29) is 0 Å². The van der Waals surface area contributed by atoms with Crippen molar-refractivity contribution in [3.63, 3.8) is 0 Å². The van der Waals surface area contributed by atoms with E-state index >= 15 is 0 Å². The van der Waals surface area contributed by atoms with Crippen molar-refractivity contribution in [3.8, 4) is 0 Å². The minimum Gasteiger partial charge on any atom is -0.398 e. The minimum atomic E-state index is 0.767. The van der Waals surface area contributed by atoms with E-state index < -0.39 is 0 Å². The Morgan fingerprint density at radius 2 is 2.18 bits per heavy atom. The highest BCUT2D eigenvalue weighted by Gasteiger charge is 2.07. The number of hydrogen-bond donors (Lipinski definition) is 1. The van der Waals surface area contributed by atoms with Crippen LogP contribution in [0.2, 0.25) is 0 Å². The topological polar surface area (TPSA) is 56.7 Å². The van der Waals surface area contributed by atoms with Crippen LogP contribution in [0.25, 0.3) is 0 Å². The van der Waals surface area contributed by atoms with Gasteiger partial charge in [-0.3, -0.25) is 0 Å². The van der Waals surface area contributed by atoms with Gasteiger partial charge < -0.3 is 10.3 Å². The number of halogens is 1. The van der Waals surface area contributed by atoms with E-state index in [1.54, 1.807) is 11.8 Å². The normalized spacial score (nSPS) is 10.8. The van der Waals surface area contributed by atoms with Crippen molar-refractivity contribution in [1.29, 1.82) is 0 Å². The third-order valence-corrected chi connectivity index (χ3v) is 4.09. The van der Waals surface area contributed by atoms with Gasteiger partial charge in [-0.1, -0.05) is 15.9 Å². The predicted molar refractivity (Wildman–Crippen MR) is 73.9 cm³/mol. The maximum Gasteiger partial charge on any atom is 0.143 e. The molecular weight excluding hydrogens is 300 g/mol. The first-order valence-corrected chi connectivity index (χ1v) is 6.88. The fourth-order valence-electron chi connectivity index (χ4n) is 1.37. The number of nitrogens with two attached hydrogens (primary N) is 1. The van der Waals surface area contributed by atoms with E-state index in [4.69, 9.17) is 5.73 Å². The highest BCUT2D eigenvalue weighted by Crippen LogP contribution is 2.29. The molecule has 0 saturated carbocycles. The second kappa shape index (κ2) is 5.10. The molecule has 1 aromatic heterocycles. The molecule has 0 atom stereocenters. The first kappa shape index (κ1) is 12.4. The largest absolute Gasteiger partial charge is 0.398 e. The van der Waals surface area contributed by atoms with Crippen molar-refractivity contribution in [2.45, 2.75) is 17.6 Å². The summed E-state index contributed by atoms with van der Waals surface area (Å²) in [6, 6.07) is 5.90. The van der Waals surface area contributed by atoms with Crippen LogP contribution in [0.4, 0.5) is 5.69 Å². The standard InChI is InChI=1S/C11H13BrN4S/c1-7-14-15-11(16(7)2)6-17-10-4-3-8(12)5-9(10)13/h3-5H,6,13H2,1-2H3. The van der Waals surface area contributed by atoms with Crippen LogP contribution in [0.5, 0.6) is 0 Å². The zero-order valence-corrected chi connectivity index (χ0v) is 12.0. The Balaban J connectivity index is 2.10. The third-order valence-electron chi connectivity index (χ3n) is 2.51. The molecule has 2 N–H and O–H groups in total. The first-order chi connectivity index (χ1) is 8.08. The molecular formula is C11H13BrN4S. The van der Waals surface area contributed by atoms with Crippen molar-refractivity contribution in [3.05, 3.63) is 34.3 Å². The lowest BCUT2D eigenvalue weighted by atomic mass is 10.3. The van der Waals surface area contributed by atoms with Crippen LogP contribution >= 0.6 is 27.7 Å². The smallest absolute Gasteiger partial charge is 0.143 e. The van der Waals surface area contributed by atoms with Gasteiger partial charge in [-0.15, -0.1) is 22.0 Å². The highest BCUT2D eigenvalue weighted by molar-refractivity contribution is 9.10. The Morgan fingerprint density at radius 1 is 1.41 bits per heavy atom. The van der Waals surface area contributed by atoms with E-state index in [1.807, 2.05) is 36.7 Å². The lowest BCUT2D eigenvalue weighted by Gasteiger charge is -2.05. The fourth-order valence-corrected chi connectivity index (χ4v) is 2.67. The Bertz CT molecular complexity index is 538. The average Bonchev–Trinajstić information content (AvgIpc) is 2.59. The van der Waals surface area contributed by atoms with E-state index in [0.29, 0.717) is 0 Å². The van der Waals surface area contributed by atoms with Gasteiger partial charge in [0.15, 0.2) is 0 Å². The van der Waals surface area contributed by atoms with Crippen LogP contribution in [-0.2, 0) is 12.8 Å². The van der Waals surface area contributed by atoms with Gasteiger partial charge in [0, 0.05) is 22.1 Å². The molecule has 0 aliphatic carbocycles. The zero-order valence-electron chi connectivity index (χ0n) is 9.64. The van der Waals surface area contributed by atoms with E-state index in [1.165, 1.54) is 0 Å². The zero-order chi connectivity index (χ0) is 12.4. The van der Waals surface area contributed by atoms with Gasteiger partial charge in [-0.25, -0.2) is 0 Å². The van der Waals surface area contributed by atoms with Crippen molar-refractivity contribution < 1.29 is 0 Å². The molecule has 17 heavy (non-hydrogen) atoms. The molecule has 1 heterocycles. The second-order valence-corrected chi connectivity index (χ2v) is 5.63. The summed E-state index contributed by atoms with van der Waals surface area (Å²) in [6.07, 6.45) is 0.